The van der Waals surface area contributed by atoms with Gasteiger partial charge in [0, 0.05) is 31.1 Å². The SMILES string of the molecule is NC(=O)N(Cc1ccc(C(=O)NCCC(=O)O)cc1)CC(c1ccccc1)c1ccccc1. The van der Waals surface area contributed by atoms with Crippen molar-refractivity contribution >= 4 is 17.9 Å². The zero-order valence-electron chi connectivity index (χ0n) is 18.2. The predicted octanol–water partition coefficient (Wildman–Crippen LogP) is 3.60. The Labute approximate surface area is 192 Å². The monoisotopic (exact) mass is 445 g/mol. The molecule has 170 valence electrons. The Kier molecular flexibility index (Phi) is 8.18. The lowest BCUT2D eigenvalue weighted by atomic mass is 9.90. The van der Waals surface area contributed by atoms with E-state index in [0.717, 1.165) is 16.7 Å². The third-order valence-corrected chi connectivity index (χ3v) is 5.33. The molecule has 4 N–H and O–H groups in total. The number of urea groups is 1. The number of hydrogen-bond acceptors (Lipinski definition) is 3. The first-order valence-electron chi connectivity index (χ1n) is 10.7. The fraction of sp³-hybridized carbons (Fsp3) is 0.192. The van der Waals surface area contributed by atoms with Crippen LogP contribution in [-0.4, -0.2) is 41.0 Å². The second-order valence-electron chi connectivity index (χ2n) is 7.69. The molecule has 0 unspecified atom stereocenters. The number of hydrogen-bond donors (Lipinski definition) is 3. The number of primary amides is 1. The van der Waals surface area contributed by atoms with E-state index in [1.807, 2.05) is 60.7 Å². The zero-order valence-corrected chi connectivity index (χ0v) is 18.2. The first-order valence-corrected chi connectivity index (χ1v) is 10.7. The molecule has 3 aromatic carbocycles. The van der Waals surface area contributed by atoms with E-state index in [4.69, 9.17) is 10.8 Å². The maximum absolute atomic E-state index is 12.3. The summed E-state index contributed by atoms with van der Waals surface area (Å²) in [6.07, 6.45) is -0.138. The largest absolute Gasteiger partial charge is 0.481 e. The summed E-state index contributed by atoms with van der Waals surface area (Å²) in [5, 5.41) is 11.2. The highest BCUT2D eigenvalue weighted by molar-refractivity contribution is 5.94. The van der Waals surface area contributed by atoms with Gasteiger partial charge in [-0.3, -0.25) is 9.59 Å². The molecule has 0 heterocycles. The van der Waals surface area contributed by atoms with Crippen molar-refractivity contribution in [2.45, 2.75) is 18.9 Å². The Hall–Kier alpha value is -4.13. The first kappa shape index (κ1) is 23.5. The highest BCUT2D eigenvalue weighted by Crippen LogP contribution is 2.26. The van der Waals surface area contributed by atoms with Crippen LogP contribution in [0.2, 0.25) is 0 Å². The maximum Gasteiger partial charge on any atom is 0.315 e. The summed E-state index contributed by atoms with van der Waals surface area (Å²) in [6.45, 7) is 0.763. The van der Waals surface area contributed by atoms with Crippen LogP contribution in [0.1, 0.15) is 39.4 Å². The molecular weight excluding hydrogens is 418 g/mol. The second-order valence-corrected chi connectivity index (χ2v) is 7.69. The Balaban J connectivity index is 1.72. The molecule has 0 bridgehead atoms. The lowest BCUT2D eigenvalue weighted by Gasteiger charge is -2.27. The number of nitrogens with zero attached hydrogens (tertiary/aromatic N) is 1. The Morgan fingerprint density at radius 1 is 0.848 bits per heavy atom. The van der Waals surface area contributed by atoms with Crippen LogP contribution in [0.25, 0.3) is 0 Å². The molecule has 7 heteroatoms. The van der Waals surface area contributed by atoms with Crippen LogP contribution in [0.4, 0.5) is 4.79 Å². The van der Waals surface area contributed by atoms with Crippen LogP contribution in [-0.2, 0) is 11.3 Å². The Bertz CT molecular complexity index is 1030. The quantitative estimate of drug-likeness (QED) is 0.442. The van der Waals surface area contributed by atoms with E-state index in [1.54, 1.807) is 29.2 Å². The fourth-order valence-corrected chi connectivity index (χ4v) is 3.59. The number of carboxylic acid groups (broad SMARTS) is 1. The van der Waals surface area contributed by atoms with E-state index in [2.05, 4.69) is 5.32 Å². The van der Waals surface area contributed by atoms with Crippen molar-refractivity contribution in [3.63, 3.8) is 0 Å². The molecule has 0 saturated carbocycles. The molecule has 0 saturated heterocycles. The highest BCUT2D eigenvalue weighted by atomic mass is 16.4. The van der Waals surface area contributed by atoms with Gasteiger partial charge < -0.3 is 21.1 Å². The number of benzene rings is 3. The van der Waals surface area contributed by atoms with Gasteiger partial charge in [-0.2, -0.15) is 0 Å². The molecule has 0 radical (unpaired) electrons. The van der Waals surface area contributed by atoms with Gasteiger partial charge in [0.05, 0.1) is 6.42 Å². The molecule has 0 fully saturated rings. The van der Waals surface area contributed by atoms with Crippen molar-refractivity contribution in [1.82, 2.24) is 10.2 Å². The molecule has 3 aromatic rings. The molecule has 33 heavy (non-hydrogen) atoms. The van der Waals surface area contributed by atoms with Crippen LogP contribution in [0.5, 0.6) is 0 Å². The van der Waals surface area contributed by atoms with E-state index in [9.17, 15) is 14.4 Å². The minimum absolute atomic E-state index is 0.0424. The van der Waals surface area contributed by atoms with Crippen LogP contribution in [0.15, 0.2) is 84.9 Å². The summed E-state index contributed by atoms with van der Waals surface area (Å²) >= 11 is 0. The van der Waals surface area contributed by atoms with Crippen molar-refractivity contribution in [3.05, 3.63) is 107 Å². The molecule has 0 aliphatic rings. The highest BCUT2D eigenvalue weighted by Gasteiger charge is 2.21. The van der Waals surface area contributed by atoms with Crippen molar-refractivity contribution < 1.29 is 19.5 Å². The van der Waals surface area contributed by atoms with E-state index in [0.29, 0.717) is 18.7 Å². The van der Waals surface area contributed by atoms with E-state index >= 15 is 0 Å². The summed E-state index contributed by atoms with van der Waals surface area (Å²) < 4.78 is 0. The van der Waals surface area contributed by atoms with Crippen LogP contribution >= 0.6 is 0 Å². The van der Waals surface area contributed by atoms with Crippen molar-refractivity contribution in [1.29, 1.82) is 0 Å². The van der Waals surface area contributed by atoms with Gasteiger partial charge >= 0.3 is 12.0 Å². The molecule has 0 aliphatic carbocycles. The van der Waals surface area contributed by atoms with Gasteiger partial charge in [-0.05, 0) is 28.8 Å². The molecule has 0 aliphatic heterocycles. The lowest BCUT2D eigenvalue weighted by molar-refractivity contribution is -0.136. The van der Waals surface area contributed by atoms with Crippen LogP contribution in [0.3, 0.4) is 0 Å². The third kappa shape index (κ3) is 6.93. The van der Waals surface area contributed by atoms with E-state index < -0.39 is 12.0 Å². The average Bonchev–Trinajstić information content (AvgIpc) is 2.82. The summed E-state index contributed by atoms with van der Waals surface area (Å²) in [4.78, 5) is 36.6. The average molecular weight is 446 g/mol. The summed E-state index contributed by atoms with van der Waals surface area (Å²) in [5.74, 6) is -1.36. The van der Waals surface area contributed by atoms with Gasteiger partial charge in [0.1, 0.15) is 0 Å². The summed E-state index contributed by atoms with van der Waals surface area (Å²) in [6, 6.07) is 26.2. The van der Waals surface area contributed by atoms with E-state index in [1.165, 1.54) is 0 Å². The number of aliphatic carboxylic acids is 1. The molecule has 3 amide bonds. The predicted molar refractivity (Wildman–Crippen MR) is 126 cm³/mol. The molecule has 0 aromatic heterocycles. The lowest BCUT2D eigenvalue weighted by Crippen LogP contribution is -2.38. The van der Waals surface area contributed by atoms with Gasteiger partial charge in [0.2, 0.25) is 0 Å². The minimum Gasteiger partial charge on any atom is -0.481 e. The van der Waals surface area contributed by atoms with Gasteiger partial charge in [-0.25, -0.2) is 4.79 Å². The van der Waals surface area contributed by atoms with Crippen molar-refractivity contribution in [2.75, 3.05) is 13.1 Å². The number of nitrogens with one attached hydrogen (secondary N) is 1. The number of amides is 3. The van der Waals surface area contributed by atoms with Gasteiger partial charge in [0.15, 0.2) is 0 Å². The van der Waals surface area contributed by atoms with Gasteiger partial charge in [-0.15, -0.1) is 0 Å². The van der Waals surface area contributed by atoms with Crippen LogP contribution in [0, 0.1) is 0 Å². The van der Waals surface area contributed by atoms with Crippen LogP contribution < -0.4 is 11.1 Å². The van der Waals surface area contributed by atoms with Gasteiger partial charge in [0.25, 0.3) is 5.91 Å². The Morgan fingerprint density at radius 2 is 1.39 bits per heavy atom. The number of carbonyl (C=O) groups is 3. The molecular formula is C26H27N3O4. The minimum atomic E-state index is -0.971. The summed E-state index contributed by atoms with van der Waals surface area (Å²) in [5.41, 5.74) is 9.14. The molecule has 3 rings (SSSR count). The fourth-order valence-electron chi connectivity index (χ4n) is 3.59. The molecule has 0 atom stereocenters. The maximum atomic E-state index is 12.3. The second kappa shape index (κ2) is 11.5. The van der Waals surface area contributed by atoms with Gasteiger partial charge in [-0.1, -0.05) is 72.8 Å². The number of nitrogens with two attached hydrogens (primary N) is 1. The molecule has 0 spiro atoms. The summed E-state index contributed by atoms with van der Waals surface area (Å²) in [7, 11) is 0. The smallest absolute Gasteiger partial charge is 0.315 e. The number of carbonyl (C=O) groups excluding carboxylic acids is 2. The molecule has 7 nitrogen and oxygen atoms in total. The standard InChI is InChI=1S/C26H27N3O4/c27-26(33)29(17-19-11-13-22(14-12-19)25(32)28-16-15-24(30)31)18-23(20-7-3-1-4-8-20)21-9-5-2-6-10-21/h1-14,23H,15-18H2,(H2,27,33)(H,28,32)(H,30,31). The van der Waals surface area contributed by atoms with E-state index in [-0.39, 0.29) is 24.8 Å². The third-order valence-electron chi connectivity index (χ3n) is 5.33. The Morgan fingerprint density at radius 3 is 1.88 bits per heavy atom. The normalized spacial score (nSPS) is 10.6. The number of carboxylic acids is 1. The number of rotatable bonds is 10. The van der Waals surface area contributed by atoms with Crippen molar-refractivity contribution in [3.8, 4) is 0 Å². The topological polar surface area (TPSA) is 113 Å². The van der Waals surface area contributed by atoms with Crippen molar-refractivity contribution in [2.24, 2.45) is 5.73 Å². The first-order chi connectivity index (χ1) is 15.9. The zero-order chi connectivity index (χ0) is 23.6.